The van der Waals surface area contributed by atoms with E-state index in [1.165, 1.54) is 23.1 Å². The molecule has 3 heterocycles. The number of carbonyl (C=O) groups excluding carboxylic acids is 4. The van der Waals surface area contributed by atoms with E-state index >= 15 is 0 Å². The molecule has 8 nitrogen and oxygen atoms in total. The molecule has 2 aromatic heterocycles. The van der Waals surface area contributed by atoms with Gasteiger partial charge in [-0.2, -0.15) is 0 Å². The number of amides is 4. The number of hydrogen-bond donors (Lipinski definition) is 1. The van der Waals surface area contributed by atoms with Gasteiger partial charge in [0.05, 0.1) is 17.9 Å². The Morgan fingerprint density at radius 2 is 1.84 bits per heavy atom. The molecule has 38 heavy (non-hydrogen) atoms. The number of rotatable bonds is 5. The number of esters is 1. The van der Waals surface area contributed by atoms with Gasteiger partial charge in [0.15, 0.2) is 0 Å². The van der Waals surface area contributed by atoms with Crippen molar-refractivity contribution in [2.45, 2.75) is 46.5 Å². The summed E-state index contributed by atoms with van der Waals surface area (Å²) in [7, 11) is 0. The predicted molar refractivity (Wildman–Crippen MR) is 146 cm³/mol. The van der Waals surface area contributed by atoms with E-state index < -0.39 is 17.8 Å². The van der Waals surface area contributed by atoms with E-state index in [4.69, 9.17) is 16.3 Å². The molecular formula is C28H26ClN3O5S. The number of fused-ring (bicyclic) bond motifs is 1. The Hall–Kier alpha value is -3.69. The monoisotopic (exact) mass is 551 g/mol. The van der Waals surface area contributed by atoms with Crippen LogP contribution in [0.15, 0.2) is 35.9 Å². The van der Waals surface area contributed by atoms with Crippen molar-refractivity contribution in [3.05, 3.63) is 73.9 Å². The quantitative estimate of drug-likeness (QED) is 0.255. The Labute approximate surface area is 228 Å². The van der Waals surface area contributed by atoms with Crippen molar-refractivity contribution < 1.29 is 23.9 Å². The van der Waals surface area contributed by atoms with Gasteiger partial charge in [-0.15, -0.1) is 11.3 Å². The highest BCUT2D eigenvalue weighted by Crippen LogP contribution is 2.39. The average molecular weight is 552 g/mol. The minimum Gasteiger partial charge on any atom is -0.462 e. The van der Waals surface area contributed by atoms with Crippen LogP contribution in [0.3, 0.4) is 0 Å². The van der Waals surface area contributed by atoms with Crippen LogP contribution in [-0.2, 0) is 27.2 Å². The largest absolute Gasteiger partial charge is 0.462 e. The lowest BCUT2D eigenvalue weighted by atomic mass is 9.95. The fourth-order valence-corrected chi connectivity index (χ4v) is 6.62. The second kappa shape index (κ2) is 10.2. The molecule has 4 amide bonds. The van der Waals surface area contributed by atoms with Gasteiger partial charge in [-0.05, 0) is 94.0 Å². The number of aromatic nitrogens is 1. The van der Waals surface area contributed by atoms with Gasteiger partial charge in [0.25, 0.3) is 11.8 Å². The molecule has 0 unspecified atom stereocenters. The summed E-state index contributed by atoms with van der Waals surface area (Å²) in [6.07, 6.45) is 5.35. The number of thiophene rings is 1. The Morgan fingerprint density at radius 1 is 1.13 bits per heavy atom. The molecule has 0 spiro atoms. The first-order chi connectivity index (χ1) is 18.2. The second-order valence-electron chi connectivity index (χ2n) is 9.21. The molecule has 1 fully saturated rings. The highest BCUT2D eigenvalue weighted by molar-refractivity contribution is 7.15. The van der Waals surface area contributed by atoms with Crippen molar-refractivity contribution in [2.24, 2.45) is 0 Å². The Morgan fingerprint density at radius 3 is 2.55 bits per heavy atom. The summed E-state index contributed by atoms with van der Waals surface area (Å²) < 4.78 is 7.40. The zero-order valence-corrected chi connectivity index (χ0v) is 22.8. The number of aryl methyl sites for hydroxylation is 2. The van der Waals surface area contributed by atoms with E-state index in [2.05, 4.69) is 5.32 Å². The van der Waals surface area contributed by atoms with Gasteiger partial charge in [0.1, 0.15) is 10.6 Å². The van der Waals surface area contributed by atoms with E-state index in [1.54, 1.807) is 30.4 Å². The lowest BCUT2D eigenvalue weighted by Crippen LogP contribution is -2.54. The molecule has 0 bridgehead atoms. The standard InChI is InChI=1S/C28H26ClN3O5S/c1-4-37-27(35)23-20-7-5-6-8-22(20)38-26(23)31-15(2)13-17(16(31)3)14-21-24(33)30-28(36)32(25(21)34)19-11-9-18(29)10-12-19/h9-14H,4-8H2,1-3H3,(H,30,33,36). The first-order valence-corrected chi connectivity index (χ1v) is 13.6. The van der Waals surface area contributed by atoms with Crippen molar-refractivity contribution in [2.75, 3.05) is 11.5 Å². The number of halogens is 1. The van der Waals surface area contributed by atoms with Gasteiger partial charge in [0, 0.05) is 21.3 Å². The van der Waals surface area contributed by atoms with E-state index in [9.17, 15) is 19.2 Å². The maximum Gasteiger partial charge on any atom is 0.341 e. The number of carbonyl (C=O) groups is 4. The van der Waals surface area contributed by atoms with Crippen LogP contribution >= 0.6 is 22.9 Å². The van der Waals surface area contributed by atoms with Gasteiger partial charge in [-0.25, -0.2) is 14.5 Å². The highest BCUT2D eigenvalue weighted by atomic mass is 35.5. The third-order valence-electron chi connectivity index (χ3n) is 6.79. The Bertz CT molecular complexity index is 1520. The number of urea groups is 1. The first-order valence-electron chi connectivity index (χ1n) is 12.4. The summed E-state index contributed by atoms with van der Waals surface area (Å²) in [5, 5.41) is 3.49. The molecule has 0 radical (unpaired) electrons. The average Bonchev–Trinajstić information content (AvgIpc) is 3.38. The van der Waals surface area contributed by atoms with Crippen LogP contribution in [0.25, 0.3) is 11.1 Å². The lowest BCUT2D eigenvalue weighted by Gasteiger charge is -2.26. The van der Waals surface area contributed by atoms with Gasteiger partial charge < -0.3 is 9.30 Å². The first kappa shape index (κ1) is 25.9. The molecule has 3 aromatic rings. The summed E-state index contributed by atoms with van der Waals surface area (Å²) in [5.74, 6) is -1.84. The van der Waals surface area contributed by atoms with Crippen molar-refractivity contribution in [1.82, 2.24) is 9.88 Å². The molecular weight excluding hydrogens is 526 g/mol. The van der Waals surface area contributed by atoms with Crippen LogP contribution < -0.4 is 10.2 Å². The molecule has 2 aliphatic rings. The molecule has 1 aromatic carbocycles. The zero-order chi connectivity index (χ0) is 27.1. The Kier molecular flexibility index (Phi) is 6.98. The predicted octanol–water partition coefficient (Wildman–Crippen LogP) is 5.53. The molecule has 196 valence electrons. The smallest absolute Gasteiger partial charge is 0.341 e. The zero-order valence-electron chi connectivity index (χ0n) is 21.2. The topological polar surface area (TPSA) is 97.7 Å². The third kappa shape index (κ3) is 4.46. The number of benzene rings is 1. The van der Waals surface area contributed by atoms with Crippen LogP contribution in [0.1, 0.15) is 57.5 Å². The minimum atomic E-state index is -0.826. The molecule has 5 rings (SSSR count). The third-order valence-corrected chi connectivity index (χ3v) is 8.32. The normalized spacial score (nSPS) is 16.6. The summed E-state index contributed by atoms with van der Waals surface area (Å²) in [4.78, 5) is 53.7. The van der Waals surface area contributed by atoms with E-state index in [-0.39, 0.29) is 18.1 Å². The molecule has 0 saturated carbocycles. The van der Waals surface area contributed by atoms with Gasteiger partial charge >= 0.3 is 12.0 Å². The number of nitrogens with one attached hydrogen (secondary N) is 1. The van der Waals surface area contributed by atoms with Crippen molar-refractivity contribution in [3.63, 3.8) is 0 Å². The highest BCUT2D eigenvalue weighted by Gasteiger charge is 2.37. The van der Waals surface area contributed by atoms with Crippen molar-refractivity contribution in [1.29, 1.82) is 0 Å². The second-order valence-corrected chi connectivity index (χ2v) is 10.7. The van der Waals surface area contributed by atoms with Gasteiger partial charge in [-0.1, -0.05) is 11.6 Å². The molecule has 1 saturated heterocycles. The minimum absolute atomic E-state index is 0.170. The van der Waals surface area contributed by atoms with Gasteiger partial charge in [-0.3, -0.25) is 14.9 Å². The summed E-state index contributed by atoms with van der Waals surface area (Å²) in [6.45, 7) is 5.86. The van der Waals surface area contributed by atoms with Gasteiger partial charge in [0.2, 0.25) is 0 Å². The van der Waals surface area contributed by atoms with Crippen LogP contribution in [0.5, 0.6) is 0 Å². The van der Waals surface area contributed by atoms with Crippen molar-refractivity contribution in [3.8, 4) is 5.00 Å². The van der Waals surface area contributed by atoms with Crippen LogP contribution in [0, 0.1) is 13.8 Å². The van der Waals surface area contributed by atoms with E-state index in [0.29, 0.717) is 21.8 Å². The van der Waals surface area contributed by atoms with E-state index in [1.807, 2.05) is 24.5 Å². The lowest BCUT2D eigenvalue weighted by molar-refractivity contribution is -0.122. The molecule has 10 heteroatoms. The van der Waals surface area contributed by atoms with Crippen LogP contribution in [0.2, 0.25) is 5.02 Å². The fraction of sp³-hybridized carbons (Fsp3) is 0.286. The maximum absolute atomic E-state index is 13.3. The van der Waals surface area contributed by atoms with Crippen molar-refractivity contribution >= 4 is 58.5 Å². The molecule has 0 atom stereocenters. The summed E-state index contributed by atoms with van der Waals surface area (Å²) >= 11 is 7.54. The number of hydrogen-bond acceptors (Lipinski definition) is 6. The molecule has 1 aliphatic carbocycles. The number of ether oxygens (including phenoxy) is 1. The Balaban J connectivity index is 1.58. The number of imide groups is 2. The SMILES string of the molecule is CCOC(=O)c1c(-n2c(C)cc(C=C3C(=O)NC(=O)N(c4ccc(Cl)cc4)C3=O)c2C)sc2c1CCCC2. The number of nitrogens with zero attached hydrogens (tertiary/aromatic N) is 2. The maximum atomic E-state index is 13.3. The van der Waals surface area contributed by atoms with E-state index in [0.717, 1.165) is 52.5 Å². The molecule has 1 aliphatic heterocycles. The number of anilines is 1. The fourth-order valence-electron chi connectivity index (χ4n) is 5.01. The summed E-state index contributed by atoms with van der Waals surface area (Å²) in [5.41, 5.74) is 4.01. The van der Waals surface area contributed by atoms with Crippen LogP contribution in [-0.4, -0.2) is 35.0 Å². The van der Waals surface area contributed by atoms with Crippen LogP contribution in [0.4, 0.5) is 10.5 Å². The summed E-state index contributed by atoms with van der Waals surface area (Å²) in [6, 6.07) is 7.23. The molecule has 1 N–H and O–H groups in total. The number of barbiturate groups is 1.